The van der Waals surface area contributed by atoms with Crippen molar-refractivity contribution >= 4 is 40.9 Å². The van der Waals surface area contributed by atoms with Crippen LogP contribution in [0.25, 0.3) is 22.7 Å². The van der Waals surface area contributed by atoms with Gasteiger partial charge in [0.2, 0.25) is 5.89 Å². The molecule has 1 N–H and O–H groups in total. The molecule has 0 saturated carbocycles. The van der Waals surface area contributed by atoms with E-state index in [1.165, 1.54) is 30.4 Å². The van der Waals surface area contributed by atoms with Crippen LogP contribution in [0.4, 0.5) is 0 Å². The molecular weight excluding hydrogens is 447 g/mol. The summed E-state index contributed by atoms with van der Waals surface area (Å²) >= 11 is 13.2. The first kappa shape index (κ1) is 20.3. The molecule has 0 unspecified atom stereocenters. The third-order valence-electron chi connectivity index (χ3n) is 4.00. The number of aryl methyl sites for hydroxylation is 1. The molecule has 10 heteroatoms. The molecule has 0 amide bonds. The number of pyridine rings is 3. The Bertz CT molecular complexity index is 1250. The van der Waals surface area contributed by atoms with Gasteiger partial charge in [-0.1, -0.05) is 23.2 Å². The minimum Gasteiger partial charge on any atom is -0.477 e. The first-order valence-electron chi connectivity index (χ1n) is 8.52. The smallest absolute Gasteiger partial charge is 0.354 e. The van der Waals surface area contributed by atoms with Crippen LogP contribution >= 0.6 is 35.0 Å². The second-order valence-electron chi connectivity index (χ2n) is 6.16. The molecule has 30 heavy (non-hydrogen) atoms. The molecule has 0 fully saturated rings. The molecule has 4 aromatic heterocycles. The molecule has 150 valence electrons. The van der Waals surface area contributed by atoms with Crippen molar-refractivity contribution in [1.82, 2.24) is 19.9 Å². The quantitative estimate of drug-likeness (QED) is 0.408. The molecule has 4 rings (SSSR count). The van der Waals surface area contributed by atoms with E-state index in [-0.39, 0.29) is 5.69 Å². The molecule has 0 atom stereocenters. The molecule has 4 heterocycles. The Morgan fingerprint density at radius 1 is 1.03 bits per heavy atom. The van der Waals surface area contributed by atoms with E-state index >= 15 is 0 Å². The van der Waals surface area contributed by atoms with Crippen molar-refractivity contribution < 1.29 is 14.3 Å². The van der Waals surface area contributed by atoms with Crippen molar-refractivity contribution in [3.05, 3.63) is 70.4 Å². The number of nitrogens with zero attached hydrogens (tertiary/aromatic N) is 4. The summed E-state index contributed by atoms with van der Waals surface area (Å²) in [6.45, 7) is 1.68. The van der Waals surface area contributed by atoms with Crippen LogP contribution in [0.2, 0.25) is 10.0 Å². The molecule has 0 saturated heterocycles. The molecule has 7 nitrogen and oxygen atoms in total. The second-order valence-corrected chi connectivity index (χ2v) is 8.02. The fraction of sp³-hybridized carbons (Fsp3) is 0.0500. The van der Waals surface area contributed by atoms with E-state index in [2.05, 4.69) is 19.9 Å². The Labute approximate surface area is 185 Å². The number of oxazole rings is 1. The summed E-state index contributed by atoms with van der Waals surface area (Å²) in [7, 11) is 0. The number of aromatic carboxylic acids is 1. The lowest BCUT2D eigenvalue weighted by Gasteiger charge is -2.04. The first-order chi connectivity index (χ1) is 14.4. The van der Waals surface area contributed by atoms with Crippen LogP contribution in [-0.2, 0) is 0 Å². The van der Waals surface area contributed by atoms with E-state index in [4.69, 9.17) is 27.6 Å². The molecule has 0 aliphatic heterocycles. The van der Waals surface area contributed by atoms with E-state index in [9.17, 15) is 9.90 Å². The van der Waals surface area contributed by atoms with Gasteiger partial charge in [-0.25, -0.2) is 19.7 Å². The summed E-state index contributed by atoms with van der Waals surface area (Å²) in [6, 6.07) is 6.88. The number of aromatic nitrogens is 4. The Balaban J connectivity index is 1.81. The summed E-state index contributed by atoms with van der Waals surface area (Å²) < 4.78 is 6.00. The topological polar surface area (TPSA) is 102 Å². The maximum atomic E-state index is 11.3. The molecular formula is C20H12Cl2N4O3S. The second kappa shape index (κ2) is 8.43. The van der Waals surface area contributed by atoms with Crippen LogP contribution in [0.3, 0.4) is 0 Å². The van der Waals surface area contributed by atoms with E-state index < -0.39 is 5.97 Å². The van der Waals surface area contributed by atoms with Gasteiger partial charge < -0.3 is 9.52 Å². The van der Waals surface area contributed by atoms with Gasteiger partial charge >= 0.3 is 5.97 Å². The van der Waals surface area contributed by atoms with Crippen LogP contribution in [0.1, 0.15) is 16.1 Å². The van der Waals surface area contributed by atoms with Gasteiger partial charge in [0.25, 0.3) is 0 Å². The largest absolute Gasteiger partial charge is 0.477 e. The van der Waals surface area contributed by atoms with Gasteiger partial charge in [-0.15, -0.1) is 0 Å². The zero-order valence-corrected chi connectivity index (χ0v) is 17.7. The fourth-order valence-corrected chi connectivity index (χ4v) is 3.75. The SMILES string of the molecule is Cc1cc(-c2nc(-c3cncc(Cl)c3)oc2Sc2ccc(Cl)cn2)cnc1C(=O)O. The summed E-state index contributed by atoms with van der Waals surface area (Å²) in [4.78, 5) is 28.3. The Morgan fingerprint density at radius 2 is 1.87 bits per heavy atom. The van der Waals surface area contributed by atoms with Crippen LogP contribution in [0.15, 0.2) is 63.6 Å². The minimum absolute atomic E-state index is 0.0184. The van der Waals surface area contributed by atoms with Crippen molar-refractivity contribution in [3.8, 4) is 22.7 Å². The minimum atomic E-state index is -1.09. The van der Waals surface area contributed by atoms with E-state index in [1.807, 2.05) is 0 Å². The zero-order chi connectivity index (χ0) is 21.3. The van der Waals surface area contributed by atoms with E-state index in [0.29, 0.717) is 48.4 Å². The maximum absolute atomic E-state index is 11.3. The molecule has 0 radical (unpaired) electrons. The van der Waals surface area contributed by atoms with Crippen molar-refractivity contribution in [2.45, 2.75) is 17.0 Å². The number of halogens is 2. The summed E-state index contributed by atoms with van der Waals surface area (Å²) in [5, 5.41) is 11.3. The average molecular weight is 459 g/mol. The molecule has 4 aromatic rings. The third kappa shape index (κ3) is 4.30. The lowest BCUT2D eigenvalue weighted by molar-refractivity contribution is 0.0689. The summed E-state index contributed by atoms with van der Waals surface area (Å²) in [5.41, 5.74) is 2.20. The van der Waals surface area contributed by atoms with Gasteiger partial charge in [0.15, 0.2) is 10.8 Å². The number of hydrogen-bond acceptors (Lipinski definition) is 7. The van der Waals surface area contributed by atoms with Crippen LogP contribution in [0.5, 0.6) is 0 Å². The number of carboxylic acid groups (broad SMARTS) is 1. The van der Waals surface area contributed by atoms with E-state index in [0.717, 1.165) is 0 Å². The standard InChI is InChI=1S/C20H12Cl2N4O3S/c1-10-4-11(7-25-16(10)19(27)28)17-20(30-15-3-2-13(21)9-24-15)29-18(26-17)12-5-14(22)8-23-6-12/h2-9H,1H3,(H,27,28). The number of hydrogen-bond donors (Lipinski definition) is 1. The summed E-state index contributed by atoms with van der Waals surface area (Å²) in [5.74, 6) is -0.777. The highest BCUT2D eigenvalue weighted by atomic mass is 35.5. The summed E-state index contributed by atoms with van der Waals surface area (Å²) in [6.07, 6.45) is 6.09. The van der Waals surface area contributed by atoms with Crippen LogP contribution < -0.4 is 0 Å². The van der Waals surface area contributed by atoms with Crippen LogP contribution in [0, 0.1) is 6.92 Å². The molecule has 0 aliphatic carbocycles. The highest BCUT2D eigenvalue weighted by Gasteiger charge is 2.20. The normalized spacial score (nSPS) is 10.9. The Kier molecular flexibility index (Phi) is 5.72. The first-order valence-corrected chi connectivity index (χ1v) is 10.1. The van der Waals surface area contributed by atoms with Crippen LogP contribution in [-0.4, -0.2) is 31.0 Å². The van der Waals surface area contributed by atoms with Crippen molar-refractivity contribution in [2.24, 2.45) is 0 Å². The van der Waals surface area contributed by atoms with E-state index in [1.54, 1.807) is 37.4 Å². The molecule has 0 aliphatic rings. The van der Waals surface area contributed by atoms with Gasteiger partial charge in [-0.2, -0.15) is 0 Å². The highest BCUT2D eigenvalue weighted by molar-refractivity contribution is 7.99. The Morgan fingerprint density at radius 3 is 2.53 bits per heavy atom. The predicted molar refractivity (Wildman–Crippen MR) is 113 cm³/mol. The van der Waals surface area contributed by atoms with Crippen molar-refractivity contribution in [1.29, 1.82) is 0 Å². The van der Waals surface area contributed by atoms with Gasteiger partial charge in [0, 0.05) is 30.4 Å². The Hall–Kier alpha value is -2.94. The lowest BCUT2D eigenvalue weighted by Crippen LogP contribution is -2.03. The highest BCUT2D eigenvalue weighted by Crippen LogP contribution is 2.38. The van der Waals surface area contributed by atoms with Gasteiger partial charge in [0.1, 0.15) is 10.7 Å². The monoisotopic (exact) mass is 458 g/mol. The molecule has 0 spiro atoms. The lowest BCUT2D eigenvalue weighted by atomic mass is 10.1. The third-order valence-corrected chi connectivity index (χ3v) is 5.34. The molecule has 0 aromatic carbocycles. The number of rotatable bonds is 5. The average Bonchev–Trinajstić information content (AvgIpc) is 3.13. The van der Waals surface area contributed by atoms with Gasteiger partial charge in [-0.05, 0) is 48.5 Å². The maximum Gasteiger partial charge on any atom is 0.354 e. The number of carboxylic acids is 1. The van der Waals surface area contributed by atoms with Gasteiger partial charge in [0.05, 0.1) is 15.6 Å². The predicted octanol–water partition coefficient (Wildman–Crippen LogP) is 5.66. The van der Waals surface area contributed by atoms with Crippen molar-refractivity contribution in [2.75, 3.05) is 0 Å². The van der Waals surface area contributed by atoms with Gasteiger partial charge in [-0.3, -0.25) is 4.98 Å². The zero-order valence-electron chi connectivity index (χ0n) is 15.3. The van der Waals surface area contributed by atoms with Crippen molar-refractivity contribution in [3.63, 3.8) is 0 Å². The molecule has 0 bridgehead atoms. The number of carbonyl (C=O) groups is 1. The fourth-order valence-electron chi connectivity index (χ4n) is 2.66.